The van der Waals surface area contributed by atoms with Gasteiger partial charge >= 0.3 is 23.8 Å². The number of halogens is 2. The third-order valence-corrected chi connectivity index (χ3v) is 7.50. The molecule has 0 amide bonds. The van der Waals surface area contributed by atoms with Crippen LogP contribution in [0.15, 0.2) is 24.3 Å². The van der Waals surface area contributed by atoms with Crippen molar-refractivity contribution in [3.63, 3.8) is 0 Å². The van der Waals surface area contributed by atoms with Gasteiger partial charge in [-0.2, -0.15) is 8.78 Å². The predicted molar refractivity (Wildman–Crippen MR) is 115 cm³/mol. The number of ether oxygens (including phenoxy) is 3. The number of carboxylic acids is 1. The molecule has 0 aromatic heterocycles. The van der Waals surface area contributed by atoms with Crippen molar-refractivity contribution < 1.29 is 42.5 Å². The summed E-state index contributed by atoms with van der Waals surface area (Å²) >= 11 is 0. The van der Waals surface area contributed by atoms with E-state index in [9.17, 15) is 23.2 Å². The molecule has 7 nitrogen and oxygen atoms in total. The summed E-state index contributed by atoms with van der Waals surface area (Å²) in [5.41, 5.74) is 0.0768. The van der Waals surface area contributed by atoms with Gasteiger partial charge in [0.15, 0.2) is 6.61 Å². The number of aliphatic carboxylic acids is 1. The second-order valence-corrected chi connectivity index (χ2v) is 10.0. The molecule has 6 atom stereocenters. The number of alkyl halides is 2. The molecule has 3 aliphatic carbocycles. The largest absolute Gasteiger partial charge is 0.477 e. The van der Waals surface area contributed by atoms with Crippen molar-refractivity contribution in [1.82, 2.24) is 0 Å². The topological polar surface area (TPSA) is 99.1 Å². The van der Waals surface area contributed by atoms with Crippen LogP contribution in [0.4, 0.5) is 8.78 Å². The molecule has 1 aromatic carbocycles. The van der Waals surface area contributed by atoms with Crippen molar-refractivity contribution in [2.45, 2.75) is 64.3 Å². The molecule has 3 saturated carbocycles. The van der Waals surface area contributed by atoms with Crippen LogP contribution in [-0.2, 0) is 19.0 Å². The van der Waals surface area contributed by atoms with Crippen molar-refractivity contribution >= 4 is 17.9 Å². The van der Waals surface area contributed by atoms with E-state index in [0.29, 0.717) is 11.8 Å². The van der Waals surface area contributed by atoms with Gasteiger partial charge in [-0.3, -0.25) is 0 Å². The molecule has 1 N–H and O–H groups in total. The maximum absolute atomic E-state index is 13.1. The molecule has 3 aliphatic rings. The molecule has 34 heavy (non-hydrogen) atoms. The predicted octanol–water partition coefficient (Wildman–Crippen LogP) is 4.54. The summed E-state index contributed by atoms with van der Waals surface area (Å²) < 4.78 is 42.5. The maximum Gasteiger partial charge on any atom is 0.378 e. The van der Waals surface area contributed by atoms with Gasteiger partial charge in [-0.1, -0.05) is 20.3 Å². The molecule has 186 valence electrons. The molecule has 0 aliphatic heterocycles. The lowest BCUT2D eigenvalue weighted by Crippen LogP contribution is -2.37. The van der Waals surface area contributed by atoms with Crippen LogP contribution in [0.3, 0.4) is 0 Å². The van der Waals surface area contributed by atoms with Crippen LogP contribution in [0.1, 0.15) is 66.7 Å². The number of rotatable bonds is 9. The number of carbonyl (C=O) groups is 3. The zero-order chi connectivity index (χ0) is 24.6. The molecule has 3 fully saturated rings. The summed E-state index contributed by atoms with van der Waals surface area (Å²) in [7, 11) is 0. The highest BCUT2D eigenvalue weighted by Gasteiger charge is 2.55. The number of carboxylic acid groups (broad SMARTS) is 1. The smallest absolute Gasteiger partial charge is 0.378 e. The average Bonchev–Trinajstić information content (AvgIpc) is 3.51. The van der Waals surface area contributed by atoms with Crippen LogP contribution in [-0.4, -0.2) is 47.9 Å². The first-order chi connectivity index (χ1) is 16.1. The zero-order valence-electron chi connectivity index (χ0n) is 19.2. The lowest BCUT2D eigenvalue weighted by molar-refractivity contribution is -0.179. The van der Waals surface area contributed by atoms with Crippen molar-refractivity contribution in [2.75, 3.05) is 6.61 Å². The Morgan fingerprint density at radius 3 is 2.24 bits per heavy atom. The van der Waals surface area contributed by atoms with Crippen molar-refractivity contribution in [1.29, 1.82) is 0 Å². The monoisotopic (exact) mass is 480 g/mol. The molecule has 0 radical (unpaired) electrons. The first-order valence-electron chi connectivity index (χ1n) is 11.8. The van der Waals surface area contributed by atoms with Gasteiger partial charge in [-0.05, 0) is 73.6 Å². The molecule has 1 aromatic rings. The minimum atomic E-state index is -4.18. The van der Waals surface area contributed by atoms with Crippen LogP contribution >= 0.6 is 0 Å². The van der Waals surface area contributed by atoms with Gasteiger partial charge in [-0.25, -0.2) is 14.4 Å². The number of fused-ring (bicyclic) bond motifs is 5. The number of esters is 2. The Morgan fingerprint density at radius 1 is 1.00 bits per heavy atom. The number of hydrogen-bond acceptors (Lipinski definition) is 6. The molecule has 0 heterocycles. The second-order valence-electron chi connectivity index (χ2n) is 10.0. The Labute approximate surface area is 196 Å². The molecular weight excluding hydrogens is 450 g/mol. The van der Waals surface area contributed by atoms with Gasteiger partial charge in [0, 0.05) is 5.92 Å². The third kappa shape index (κ3) is 4.94. The fourth-order valence-electron chi connectivity index (χ4n) is 5.87. The average molecular weight is 481 g/mol. The summed E-state index contributed by atoms with van der Waals surface area (Å²) in [6, 6.07) is 5.12. The summed E-state index contributed by atoms with van der Waals surface area (Å²) in [5.74, 6) is -5.52. The molecule has 2 bridgehead atoms. The maximum atomic E-state index is 13.1. The van der Waals surface area contributed by atoms with E-state index in [1.807, 2.05) is 13.8 Å². The Kier molecular flexibility index (Phi) is 6.94. The van der Waals surface area contributed by atoms with Gasteiger partial charge < -0.3 is 19.3 Å². The normalized spacial score (nSPS) is 28.6. The standard InChI is InChI=1S/C25H30F2O7/c1-13(2)23(33-20-11-16-10-19(20)18-5-3-4-17(16)18)34-22(29)15-8-6-14(7-9-15)21(28)32-12-25(26,27)24(30)31/h6-9,13,16-20,23H,3-5,10-12H2,1-2H3,(H,30,31). The SMILES string of the molecule is CC(C)C(OC(=O)c1ccc(C(=O)OCC(F)(F)C(=O)O)cc1)OC1CC2CC1C1CCCC21. The van der Waals surface area contributed by atoms with E-state index < -0.39 is 36.7 Å². The highest BCUT2D eigenvalue weighted by atomic mass is 19.3. The Bertz CT molecular complexity index is 930. The summed E-state index contributed by atoms with van der Waals surface area (Å²) in [4.78, 5) is 35.0. The fourth-order valence-corrected chi connectivity index (χ4v) is 5.87. The highest BCUT2D eigenvalue weighted by molar-refractivity contribution is 5.93. The van der Waals surface area contributed by atoms with E-state index in [1.54, 1.807) is 0 Å². The molecule has 0 spiro atoms. The fraction of sp³-hybridized carbons (Fsp3) is 0.640. The van der Waals surface area contributed by atoms with Crippen molar-refractivity contribution in [3.05, 3.63) is 35.4 Å². The molecule has 0 saturated heterocycles. The van der Waals surface area contributed by atoms with Crippen LogP contribution in [0, 0.1) is 29.6 Å². The molecule has 6 unspecified atom stereocenters. The first-order valence-corrected chi connectivity index (χ1v) is 11.8. The minimum Gasteiger partial charge on any atom is -0.477 e. The van der Waals surface area contributed by atoms with E-state index in [-0.39, 0.29) is 23.1 Å². The lowest BCUT2D eigenvalue weighted by atomic mass is 9.80. The summed E-state index contributed by atoms with van der Waals surface area (Å²) in [5, 5.41) is 8.39. The Balaban J connectivity index is 1.33. The minimum absolute atomic E-state index is 0.0485. The third-order valence-electron chi connectivity index (χ3n) is 7.50. The molecule has 4 rings (SSSR count). The van der Waals surface area contributed by atoms with Crippen molar-refractivity contribution in [3.8, 4) is 0 Å². The first kappa shape index (κ1) is 24.6. The number of carbonyl (C=O) groups excluding carboxylic acids is 2. The highest BCUT2D eigenvalue weighted by Crippen LogP contribution is 2.59. The Hall–Kier alpha value is -2.55. The molecule has 9 heteroatoms. The van der Waals surface area contributed by atoms with E-state index in [0.717, 1.165) is 18.3 Å². The summed E-state index contributed by atoms with van der Waals surface area (Å²) in [6.45, 7) is 2.27. The van der Waals surface area contributed by atoms with Crippen LogP contribution in [0.2, 0.25) is 0 Å². The lowest BCUT2D eigenvalue weighted by Gasteiger charge is -2.34. The second kappa shape index (κ2) is 9.60. The van der Waals surface area contributed by atoms with Crippen LogP contribution in [0.5, 0.6) is 0 Å². The summed E-state index contributed by atoms with van der Waals surface area (Å²) in [6.07, 6.45) is 5.51. The van der Waals surface area contributed by atoms with E-state index in [2.05, 4.69) is 4.74 Å². The van der Waals surface area contributed by atoms with Gasteiger partial charge in [-0.15, -0.1) is 0 Å². The Morgan fingerprint density at radius 2 is 1.62 bits per heavy atom. The molecular formula is C25H30F2O7. The number of benzene rings is 1. The van der Waals surface area contributed by atoms with E-state index in [4.69, 9.17) is 14.6 Å². The zero-order valence-corrected chi connectivity index (χ0v) is 19.2. The van der Waals surface area contributed by atoms with Gasteiger partial charge in [0.2, 0.25) is 6.29 Å². The van der Waals surface area contributed by atoms with Crippen LogP contribution in [0.25, 0.3) is 0 Å². The van der Waals surface area contributed by atoms with E-state index >= 15 is 0 Å². The van der Waals surface area contributed by atoms with Gasteiger partial charge in [0.1, 0.15) is 0 Å². The van der Waals surface area contributed by atoms with Gasteiger partial charge in [0.05, 0.1) is 17.2 Å². The quantitative estimate of drug-likeness (QED) is 0.409. The van der Waals surface area contributed by atoms with Crippen LogP contribution < -0.4 is 0 Å². The number of hydrogen-bond donors (Lipinski definition) is 1. The van der Waals surface area contributed by atoms with Gasteiger partial charge in [0.25, 0.3) is 0 Å². The van der Waals surface area contributed by atoms with Crippen molar-refractivity contribution in [2.24, 2.45) is 29.6 Å². The van der Waals surface area contributed by atoms with E-state index in [1.165, 1.54) is 49.9 Å².